The summed E-state index contributed by atoms with van der Waals surface area (Å²) < 4.78 is 4.96. The van der Waals surface area contributed by atoms with Crippen molar-refractivity contribution < 1.29 is 9.32 Å². The number of hydrogen-bond donors (Lipinski definition) is 1. The zero-order chi connectivity index (χ0) is 13.1. The van der Waals surface area contributed by atoms with Gasteiger partial charge in [0.05, 0.1) is 6.54 Å². The molecule has 6 nitrogen and oxygen atoms in total. The molecule has 1 N–H and O–H groups in total. The lowest BCUT2D eigenvalue weighted by Gasteiger charge is -2.13. The van der Waals surface area contributed by atoms with Crippen LogP contribution in [0.1, 0.15) is 34.6 Å². The number of nitrogens with one attached hydrogen (secondary N) is 1. The lowest BCUT2D eigenvalue weighted by atomic mass is 10.3. The Morgan fingerprint density at radius 1 is 1.50 bits per heavy atom. The molecule has 0 fully saturated rings. The first kappa shape index (κ1) is 12.3. The number of nitrogens with zero attached hydrogens (tertiary/aromatic N) is 3. The number of H-pyrrole nitrogens is 1. The Morgan fingerprint density at radius 2 is 2.28 bits per heavy atom. The normalized spacial score (nSPS) is 10.6. The van der Waals surface area contributed by atoms with Crippen LogP contribution in [0.2, 0.25) is 0 Å². The molecule has 2 heterocycles. The molecule has 6 heteroatoms. The predicted molar refractivity (Wildman–Crippen MR) is 65.0 cm³/mol. The van der Waals surface area contributed by atoms with Gasteiger partial charge in [-0.05, 0) is 19.4 Å². The topological polar surface area (TPSA) is 75.0 Å². The van der Waals surface area contributed by atoms with E-state index in [0.29, 0.717) is 12.2 Å². The third-order valence-electron chi connectivity index (χ3n) is 2.65. The van der Waals surface area contributed by atoms with Gasteiger partial charge in [0.1, 0.15) is 17.1 Å². The van der Waals surface area contributed by atoms with E-state index >= 15 is 0 Å². The summed E-state index contributed by atoms with van der Waals surface area (Å²) in [4.78, 5) is 13.6. The van der Waals surface area contributed by atoms with Gasteiger partial charge in [-0.3, -0.25) is 9.89 Å². The molecule has 96 valence electrons. The summed E-state index contributed by atoms with van der Waals surface area (Å²) in [7, 11) is 1.71. The van der Waals surface area contributed by atoms with Gasteiger partial charge in [0.25, 0.3) is 5.91 Å². The molecule has 0 aromatic carbocycles. The monoisotopic (exact) mass is 248 g/mol. The number of aromatic amines is 1. The Morgan fingerprint density at radius 3 is 2.83 bits per heavy atom. The second kappa shape index (κ2) is 5.03. The quantitative estimate of drug-likeness (QED) is 0.890. The van der Waals surface area contributed by atoms with Crippen molar-refractivity contribution in [3.63, 3.8) is 0 Å². The molecule has 2 aromatic rings. The molecular formula is C12H16N4O2. The van der Waals surface area contributed by atoms with Crippen LogP contribution in [0.25, 0.3) is 0 Å². The first-order valence-corrected chi connectivity index (χ1v) is 5.82. The summed E-state index contributed by atoms with van der Waals surface area (Å²) in [6.07, 6.45) is 0.826. The van der Waals surface area contributed by atoms with Gasteiger partial charge < -0.3 is 9.42 Å². The molecule has 18 heavy (non-hydrogen) atoms. The first-order chi connectivity index (χ1) is 8.60. The number of carbonyl (C=O) groups is 1. The smallest absolute Gasteiger partial charge is 0.274 e. The Labute approximate surface area is 105 Å². The van der Waals surface area contributed by atoms with Crippen molar-refractivity contribution in [3.8, 4) is 0 Å². The number of aromatic nitrogens is 3. The van der Waals surface area contributed by atoms with E-state index < -0.39 is 0 Å². The highest BCUT2D eigenvalue weighted by atomic mass is 16.5. The number of amides is 1. The van der Waals surface area contributed by atoms with Crippen molar-refractivity contribution in [2.75, 3.05) is 7.05 Å². The van der Waals surface area contributed by atoms with E-state index in [4.69, 9.17) is 4.52 Å². The standard InChI is InChI=1S/C12H16N4O2/c1-4-9-6-11(14-13-9)12(17)16(3)7-10-5-8(2)18-15-10/h5-6H,4,7H2,1-3H3,(H,13,14). The van der Waals surface area contributed by atoms with Crippen molar-refractivity contribution in [3.05, 3.63) is 35.0 Å². The van der Waals surface area contributed by atoms with Gasteiger partial charge in [0.15, 0.2) is 0 Å². The van der Waals surface area contributed by atoms with Crippen molar-refractivity contribution in [2.45, 2.75) is 26.8 Å². The summed E-state index contributed by atoms with van der Waals surface area (Å²) in [6.45, 7) is 4.23. The molecule has 0 bridgehead atoms. The summed E-state index contributed by atoms with van der Waals surface area (Å²) in [5.41, 5.74) is 2.10. The van der Waals surface area contributed by atoms with E-state index in [0.717, 1.165) is 23.6 Å². The van der Waals surface area contributed by atoms with Crippen molar-refractivity contribution >= 4 is 5.91 Å². The lowest BCUT2D eigenvalue weighted by Crippen LogP contribution is -2.26. The van der Waals surface area contributed by atoms with Crippen molar-refractivity contribution in [2.24, 2.45) is 0 Å². The highest BCUT2D eigenvalue weighted by Gasteiger charge is 2.16. The SMILES string of the molecule is CCc1cc(C(=O)N(C)Cc2cc(C)on2)n[nH]1. The highest BCUT2D eigenvalue weighted by molar-refractivity contribution is 5.92. The number of carbonyl (C=O) groups excluding carboxylic acids is 1. The van der Waals surface area contributed by atoms with Gasteiger partial charge >= 0.3 is 0 Å². The minimum Gasteiger partial charge on any atom is -0.361 e. The molecule has 2 rings (SSSR count). The average molecular weight is 248 g/mol. The third kappa shape index (κ3) is 2.58. The van der Waals surface area contributed by atoms with E-state index in [9.17, 15) is 4.79 Å². The van der Waals surface area contributed by atoms with Gasteiger partial charge in [-0.2, -0.15) is 5.10 Å². The van der Waals surface area contributed by atoms with E-state index in [2.05, 4.69) is 15.4 Å². The summed E-state index contributed by atoms with van der Waals surface area (Å²) in [6, 6.07) is 3.58. The molecular weight excluding hydrogens is 232 g/mol. The summed E-state index contributed by atoms with van der Waals surface area (Å²) in [5.74, 6) is 0.602. The molecule has 0 saturated heterocycles. The molecule has 0 atom stereocenters. The van der Waals surface area contributed by atoms with Crippen LogP contribution >= 0.6 is 0 Å². The minimum atomic E-state index is -0.133. The second-order valence-corrected chi connectivity index (χ2v) is 4.22. The van der Waals surface area contributed by atoms with Crippen LogP contribution in [0, 0.1) is 6.92 Å². The van der Waals surface area contributed by atoms with Crippen LogP contribution in [0.3, 0.4) is 0 Å². The molecule has 0 saturated carbocycles. The number of hydrogen-bond acceptors (Lipinski definition) is 4. The molecule has 0 unspecified atom stereocenters. The Kier molecular flexibility index (Phi) is 3.45. The minimum absolute atomic E-state index is 0.133. The second-order valence-electron chi connectivity index (χ2n) is 4.22. The Hall–Kier alpha value is -2.11. The fourth-order valence-electron chi connectivity index (χ4n) is 1.66. The van der Waals surface area contributed by atoms with Crippen LogP contribution in [0.15, 0.2) is 16.7 Å². The van der Waals surface area contributed by atoms with Gasteiger partial charge in [0, 0.05) is 18.8 Å². The lowest BCUT2D eigenvalue weighted by molar-refractivity contribution is 0.0776. The molecule has 0 spiro atoms. The zero-order valence-corrected chi connectivity index (χ0v) is 10.7. The summed E-state index contributed by atoms with van der Waals surface area (Å²) >= 11 is 0. The maximum absolute atomic E-state index is 12.1. The van der Waals surface area contributed by atoms with Gasteiger partial charge in [0.2, 0.25) is 0 Å². The highest BCUT2D eigenvalue weighted by Crippen LogP contribution is 2.08. The predicted octanol–water partition coefficient (Wildman–Crippen LogP) is 1.54. The third-order valence-corrected chi connectivity index (χ3v) is 2.65. The van der Waals surface area contributed by atoms with E-state index in [1.54, 1.807) is 18.0 Å². The summed E-state index contributed by atoms with van der Waals surface area (Å²) in [5, 5.41) is 10.7. The van der Waals surface area contributed by atoms with Crippen molar-refractivity contribution in [1.29, 1.82) is 0 Å². The molecule has 0 radical (unpaired) electrons. The Bertz CT molecular complexity index is 544. The maximum atomic E-state index is 12.1. The Balaban J connectivity index is 2.04. The molecule has 0 aliphatic carbocycles. The zero-order valence-electron chi connectivity index (χ0n) is 10.7. The van der Waals surface area contributed by atoms with E-state index in [1.165, 1.54) is 0 Å². The van der Waals surface area contributed by atoms with Crippen LogP contribution in [0.5, 0.6) is 0 Å². The maximum Gasteiger partial charge on any atom is 0.274 e. The molecule has 0 aliphatic rings. The average Bonchev–Trinajstić information content (AvgIpc) is 2.97. The fourth-order valence-corrected chi connectivity index (χ4v) is 1.66. The van der Waals surface area contributed by atoms with Gasteiger partial charge in [-0.1, -0.05) is 12.1 Å². The van der Waals surface area contributed by atoms with Gasteiger partial charge in [-0.15, -0.1) is 0 Å². The van der Waals surface area contributed by atoms with Crippen molar-refractivity contribution in [1.82, 2.24) is 20.3 Å². The number of rotatable bonds is 4. The van der Waals surface area contributed by atoms with E-state index in [1.807, 2.05) is 19.9 Å². The van der Waals surface area contributed by atoms with Gasteiger partial charge in [-0.25, -0.2) is 0 Å². The molecule has 0 aliphatic heterocycles. The first-order valence-electron chi connectivity index (χ1n) is 5.82. The van der Waals surface area contributed by atoms with Crippen LogP contribution in [-0.4, -0.2) is 33.2 Å². The van der Waals surface area contributed by atoms with Crippen LogP contribution in [-0.2, 0) is 13.0 Å². The molecule has 2 aromatic heterocycles. The van der Waals surface area contributed by atoms with Crippen LogP contribution < -0.4 is 0 Å². The molecule has 1 amide bonds. The number of aryl methyl sites for hydroxylation is 2. The van der Waals surface area contributed by atoms with E-state index in [-0.39, 0.29) is 5.91 Å². The fraction of sp³-hybridized carbons (Fsp3) is 0.417. The van der Waals surface area contributed by atoms with Crippen LogP contribution in [0.4, 0.5) is 0 Å². The largest absolute Gasteiger partial charge is 0.361 e.